The lowest BCUT2D eigenvalue weighted by Gasteiger charge is -2.19. The highest BCUT2D eigenvalue weighted by Gasteiger charge is 2.22. The molecule has 0 N–H and O–H groups in total. The SMILES string of the molecule is COc1cc(C=O)cc2c1OCCC2=O. The van der Waals surface area contributed by atoms with Crippen molar-refractivity contribution in [3.63, 3.8) is 0 Å². The van der Waals surface area contributed by atoms with Crippen molar-refractivity contribution in [3.05, 3.63) is 23.3 Å². The van der Waals surface area contributed by atoms with Gasteiger partial charge in [-0.3, -0.25) is 9.59 Å². The van der Waals surface area contributed by atoms with E-state index in [9.17, 15) is 9.59 Å². The first kappa shape index (κ1) is 9.71. The Labute approximate surface area is 86.8 Å². The molecule has 0 saturated heterocycles. The summed E-state index contributed by atoms with van der Waals surface area (Å²) < 4.78 is 10.4. The molecular formula is C11H10O4. The van der Waals surface area contributed by atoms with Gasteiger partial charge < -0.3 is 9.47 Å². The van der Waals surface area contributed by atoms with Crippen molar-refractivity contribution in [2.45, 2.75) is 6.42 Å². The van der Waals surface area contributed by atoms with Gasteiger partial charge in [0.2, 0.25) is 0 Å². The maximum absolute atomic E-state index is 11.6. The Balaban J connectivity index is 2.62. The molecule has 78 valence electrons. The van der Waals surface area contributed by atoms with Crippen LogP contribution in [-0.2, 0) is 0 Å². The smallest absolute Gasteiger partial charge is 0.171 e. The molecule has 0 bridgehead atoms. The molecule has 1 aromatic rings. The summed E-state index contributed by atoms with van der Waals surface area (Å²) in [6.45, 7) is 0.364. The minimum absolute atomic E-state index is 0.0155. The van der Waals surface area contributed by atoms with Crippen LogP contribution in [0.1, 0.15) is 27.1 Å². The van der Waals surface area contributed by atoms with E-state index in [0.717, 1.165) is 0 Å². The Bertz CT molecular complexity index is 423. The zero-order chi connectivity index (χ0) is 10.8. The van der Waals surface area contributed by atoms with Crippen LogP contribution in [0.2, 0.25) is 0 Å². The molecule has 0 aromatic heterocycles. The number of aldehydes is 1. The number of methoxy groups -OCH3 is 1. The van der Waals surface area contributed by atoms with Crippen molar-refractivity contribution >= 4 is 12.1 Å². The van der Waals surface area contributed by atoms with Crippen molar-refractivity contribution in [2.75, 3.05) is 13.7 Å². The predicted molar refractivity (Wildman–Crippen MR) is 52.8 cm³/mol. The minimum atomic E-state index is -0.0155. The zero-order valence-electron chi connectivity index (χ0n) is 8.28. The first-order valence-electron chi connectivity index (χ1n) is 4.59. The van der Waals surface area contributed by atoms with Crippen molar-refractivity contribution in [3.8, 4) is 11.5 Å². The fraction of sp³-hybridized carbons (Fsp3) is 0.273. The van der Waals surface area contributed by atoms with Crippen LogP contribution in [0.25, 0.3) is 0 Å². The van der Waals surface area contributed by atoms with E-state index in [1.807, 2.05) is 0 Å². The monoisotopic (exact) mass is 206 g/mol. The standard InChI is InChI=1S/C11H10O4/c1-14-10-5-7(6-12)4-8-9(13)2-3-15-11(8)10/h4-6H,2-3H2,1H3. The molecule has 1 aliphatic rings. The summed E-state index contributed by atoms with van der Waals surface area (Å²) in [5.41, 5.74) is 0.854. The van der Waals surface area contributed by atoms with Crippen LogP contribution in [0.4, 0.5) is 0 Å². The highest BCUT2D eigenvalue weighted by atomic mass is 16.5. The van der Waals surface area contributed by atoms with E-state index in [1.54, 1.807) is 6.07 Å². The maximum Gasteiger partial charge on any atom is 0.171 e. The number of ether oxygens (including phenoxy) is 2. The van der Waals surface area contributed by atoms with Crippen LogP contribution in [-0.4, -0.2) is 25.8 Å². The molecule has 4 nitrogen and oxygen atoms in total. The Kier molecular flexibility index (Phi) is 2.41. The quantitative estimate of drug-likeness (QED) is 0.687. The first-order valence-corrected chi connectivity index (χ1v) is 4.59. The van der Waals surface area contributed by atoms with Crippen LogP contribution >= 0.6 is 0 Å². The average molecular weight is 206 g/mol. The number of ketones is 1. The van der Waals surface area contributed by atoms with E-state index in [2.05, 4.69) is 0 Å². The summed E-state index contributed by atoms with van der Waals surface area (Å²) >= 11 is 0. The van der Waals surface area contributed by atoms with Crippen molar-refractivity contribution < 1.29 is 19.1 Å². The lowest BCUT2D eigenvalue weighted by Crippen LogP contribution is -2.16. The molecule has 0 unspecified atom stereocenters. The van der Waals surface area contributed by atoms with E-state index in [-0.39, 0.29) is 5.78 Å². The Hall–Kier alpha value is -1.84. The molecule has 0 atom stereocenters. The second-order valence-corrected chi connectivity index (χ2v) is 3.24. The van der Waals surface area contributed by atoms with Gasteiger partial charge in [-0.25, -0.2) is 0 Å². The van der Waals surface area contributed by atoms with Gasteiger partial charge in [0, 0.05) is 12.0 Å². The number of Topliss-reactive ketones (excluding diaryl/α,β-unsaturated/α-hetero) is 1. The summed E-state index contributed by atoms with van der Waals surface area (Å²) in [5, 5.41) is 0. The predicted octanol–water partition coefficient (Wildman–Crippen LogP) is 1.47. The molecule has 0 radical (unpaired) electrons. The molecule has 15 heavy (non-hydrogen) atoms. The summed E-state index contributed by atoms with van der Waals surface area (Å²) in [4.78, 5) is 22.2. The molecule has 1 aliphatic heterocycles. The van der Waals surface area contributed by atoms with E-state index in [4.69, 9.17) is 9.47 Å². The van der Waals surface area contributed by atoms with E-state index in [1.165, 1.54) is 13.2 Å². The third-order valence-corrected chi connectivity index (χ3v) is 2.31. The minimum Gasteiger partial charge on any atom is -0.493 e. The number of hydrogen-bond acceptors (Lipinski definition) is 4. The molecule has 0 aliphatic carbocycles. The number of rotatable bonds is 2. The summed E-state index contributed by atoms with van der Waals surface area (Å²) in [6.07, 6.45) is 1.03. The van der Waals surface area contributed by atoms with Crippen molar-refractivity contribution in [1.82, 2.24) is 0 Å². The molecule has 4 heteroatoms. The summed E-state index contributed by atoms with van der Waals surface area (Å²) in [5.74, 6) is 0.861. The fourth-order valence-electron chi connectivity index (χ4n) is 1.58. The lowest BCUT2D eigenvalue weighted by atomic mass is 10.0. The molecule has 0 saturated carbocycles. The number of carbonyl (C=O) groups excluding carboxylic acids is 2. The topological polar surface area (TPSA) is 52.6 Å². The Morgan fingerprint density at radius 3 is 2.93 bits per heavy atom. The molecule has 1 aromatic carbocycles. The third kappa shape index (κ3) is 1.58. The van der Waals surface area contributed by atoms with Crippen molar-refractivity contribution in [2.24, 2.45) is 0 Å². The second kappa shape index (κ2) is 3.73. The maximum atomic E-state index is 11.6. The highest BCUT2D eigenvalue weighted by molar-refractivity contribution is 6.01. The van der Waals surface area contributed by atoms with Crippen LogP contribution in [0.5, 0.6) is 11.5 Å². The van der Waals surface area contributed by atoms with Gasteiger partial charge in [0.15, 0.2) is 17.3 Å². The van der Waals surface area contributed by atoms with Gasteiger partial charge in [-0.1, -0.05) is 0 Å². The number of carbonyl (C=O) groups is 2. The van der Waals surface area contributed by atoms with Gasteiger partial charge in [-0.15, -0.1) is 0 Å². The largest absolute Gasteiger partial charge is 0.493 e. The third-order valence-electron chi connectivity index (χ3n) is 2.31. The van der Waals surface area contributed by atoms with Crippen LogP contribution in [0.3, 0.4) is 0 Å². The zero-order valence-corrected chi connectivity index (χ0v) is 8.28. The molecular weight excluding hydrogens is 196 g/mol. The van der Waals surface area contributed by atoms with Crippen LogP contribution < -0.4 is 9.47 Å². The lowest BCUT2D eigenvalue weighted by molar-refractivity contribution is 0.0930. The summed E-state index contributed by atoms with van der Waals surface area (Å²) in [6, 6.07) is 3.09. The molecule has 2 rings (SSSR count). The fourth-order valence-corrected chi connectivity index (χ4v) is 1.58. The Morgan fingerprint density at radius 1 is 1.47 bits per heavy atom. The van der Waals surface area contributed by atoms with Crippen LogP contribution in [0, 0.1) is 0 Å². The first-order chi connectivity index (χ1) is 7.26. The molecule has 0 fully saturated rings. The second-order valence-electron chi connectivity index (χ2n) is 3.24. The van der Waals surface area contributed by atoms with Gasteiger partial charge in [0.05, 0.1) is 19.3 Å². The average Bonchev–Trinajstić information content (AvgIpc) is 2.28. The van der Waals surface area contributed by atoms with E-state index in [0.29, 0.717) is 41.9 Å². The normalized spacial score (nSPS) is 14.1. The van der Waals surface area contributed by atoms with Gasteiger partial charge in [0.1, 0.15) is 6.29 Å². The molecule has 1 heterocycles. The van der Waals surface area contributed by atoms with Crippen molar-refractivity contribution in [1.29, 1.82) is 0 Å². The summed E-state index contributed by atoms with van der Waals surface area (Å²) in [7, 11) is 1.48. The van der Waals surface area contributed by atoms with E-state index >= 15 is 0 Å². The molecule has 0 spiro atoms. The van der Waals surface area contributed by atoms with Gasteiger partial charge in [-0.2, -0.15) is 0 Å². The number of benzene rings is 1. The van der Waals surface area contributed by atoms with Gasteiger partial charge in [0.25, 0.3) is 0 Å². The van der Waals surface area contributed by atoms with Gasteiger partial charge in [-0.05, 0) is 12.1 Å². The highest BCUT2D eigenvalue weighted by Crippen LogP contribution is 2.35. The number of hydrogen-bond donors (Lipinski definition) is 0. The van der Waals surface area contributed by atoms with Crippen LogP contribution in [0.15, 0.2) is 12.1 Å². The molecule has 0 amide bonds. The number of fused-ring (bicyclic) bond motifs is 1. The van der Waals surface area contributed by atoms with Gasteiger partial charge >= 0.3 is 0 Å². The Morgan fingerprint density at radius 2 is 2.27 bits per heavy atom. The van der Waals surface area contributed by atoms with E-state index < -0.39 is 0 Å².